The van der Waals surface area contributed by atoms with Crippen LogP contribution in [0.4, 0.5) is 5.69 Å². The van der Waals surface area contributed by atoms with Crippen molar-refractivity contribution < 1.29 is 4.79 Å². The Morgan fingerprint density at radius 1 is 0.909 bits per heavy atom. The van der Waals surface area contributed by atoms with Crippen molar-refractivity contribution in [1.29, 1.82) is 0 Å². The highest BCUT2D eigenvalue weighted by atomic mass is 16.2. The molecule has 0 aliphatic carbocycles. The molecule has 0 saturated heterocycles. The Morgan fingerprint density at radius 2 is 1.68 bits per heavy atom. The van der Waals surface area contributed by atoms with Crippen LogP contribution in [0.1, 0.15) is 22.1 Å². The molecule has 1 amide bonds. The molecule has 3 N–H and O–H groups in total. The highest BCUT2D eigenvalue weighted by molar-refractivity contribution is 6.01. The van der Waals surface area contributed by atoms with E-state index in [1.54, 1.807) is 6.07 Å². The number of anilines is 1. The maximum absolute atomic E-state index is 12.3. The van der Waals surface area contributed by atoms with Crippen LogP contribution in [-0.4, -0.2) is 16.1 Å². The summed E-state index contributed by atoms with van der Waals surface area (Å²) in [5.74, 6) is -0.0837. The second-order valence-corrected chi connectivity index (χ2v) is 5.15. The van der Waals surface area contributed by atoms with Gasteiger partial charge in [-0.15, -0.1) is 0 Å². The molecule has 0 radical (unpaired) electrons. The first-order valence-electron chi connectivity index (χ1n) is 7.08. The van der Waals surface area contributed by atoms with Gasteiger partial charge >= 0.3 is 0 Å². The molecule has 0 bridgehead atoms. The zero-order chi connectivity index (χ0) is 14.9. The number of hydrogen-bond donors (Lipinski definition) is 3. The molecule has 1 aromatic heterocycles. The van der Waals surface area contributed by atoms with Gasteiger partial charge in [0.15, 0.2) is 0 Å². The average Bonchev–Trinajstić information content (AvgIpc) is 3.05. The summed E-state index contributed by atoms with van der Waals surface area (Å²) in [5.41, 5.74) is 4.24. The van der Waals surface area contributed by atoms with Crippen molar-refractivity contribution in [1.82, 2.24) is 15.5 Å². The number of carbonyl (C=O) groups is 1. The van der Waals surface area contributed by atoms with E-state index in [9.17, 15) is 4.79 Å². The Bertz CT molecular complexity index is 825. The molecule has 4 rings (SSSR count). The van der Waals surface area contributed by atoms with Crippen LogP contribution >= 0.6 is 0 Å². The van der Waals surface area contributed by atoms with Crippen molar-refractivity contribution in [2.24, 2.45) is 0 Å². The standard InChI is InChI=1S/C17H14N4O/c22-17-12-8-4-5-9-14(12)19-16(20-17)13-10-18-21-15(13)11-6-2-1-3-7-11/h1-10,16,19H,(H,18,21)(H,20,22). The molecule has 5 heteroatoms. The third-order valence-corrected chi connectivity index (χ3v) is 3.78. The number of nitrogens with zero attached hydrogens (tertiary/aromatic N) is 1. The molecule has 1 aliphatic rings. The number of benzene rings is 2. The van der Waals surface area contributed by atoms with E-state index in [0.717, 1.165) is 22.5 Å². The van der Waals surface area contributed by atoms with Crippen molar-refractivity contribution in [3.05, 3.63) is 71.9 Å². The SMILES string of the molecule is O=C1NC(c2c[nH]nc2-c2ccccc2)Nc2ccccc21. The number of aromatic nitrogens is 2. The van der Waals surface area contributed by atoms with Crippen LogP contribution in [0, 0.1) is 0 Å². The molecule has 3 aromatic rings. The highest BCUT2D eigenvalue weighted by Crippen LogP contribution is 2.30. The lowest BCUT2D eigenvalue weighted by atomic mass is 10.0. The van der Waals surface area contributed by atoms with Gasteiger partial charge in [0.25, 0.3) is 5.91 Å². The average molecular weight is 290 g/mol. The molecule has 22 heavy (non-hydrogen) atoms. The molecule has 2 heterocycles. The number of amides is 1. The molecule has 108 valence electrons. The summed E-state index contributed by atoms with van der Waals surface area (Å²) >= 11 is 0. The molecule has 0 fully saturated rings. The lowest BCUT2D eigenvalue weighted by molar-refractivity contribution is 0.0936. The van der Waals surface area contributed by atoms with E-state index in [0.29, 0.717) is 5.56 Å². The molecule has 0 spiro atoms. The maximum Gasteiger partial charge on any atom is 0.255 e. The summed E-state index contributed by atoms with van der Waals surface area (Å²) in [6.07, 6.45) is 1.50. The number of fused-ring (bicyclic) bond motifs is 1. The molecule has 1 atom stereocenters. The molecular formula is C17H14N4O. The smallest absolute Gasteiger partial charge is 0.255 e. The number of aromatic amines is 1. The normalized spacial score (nSPS) is 16.5. The van der Waals surface area contributed by atoms with Gasteiger partial charge < -0.3 is 10.6 Å². The van der Waals surface area contributed by atoms with Gasteiger partial charge in [-0.3, -0.25) is 9.89 Å². The van der Waals surface area contributed by atoms with Gasteiger partial charge in [-0.25, -0.2) is 0 Å². The fourth-order valence-electron chi connectivity index (χ4n) is 2.71. The Balaban J connectivity index is 1.73. The number of para-hydroxylation sites is 1. The monoisotopic (exact) mass is 290 g/mol. The second-order valence-electron chi connectivity index (χ2n) is 5.15. The van der Waals surface area contributed by atoms with Crippen molar-refractivity contribution in [3.63, 3.8) is 0 Å². The van der Waals surface area contributed by atoms with Gasteiger partial charge in [0.1, 0.15) is 6.17 Å². The maximum atomic E-state index is 12.3. The van der Waals surface area contributed by atoms with Crippen molar-refractivity contribution >= 4 is 11.6 Å². The topological polar surface area (TPSA) is 69.8 Å². The largest absolute Gasteiger partial charge is 0.361 e. The first-order valence-corrected chi connectivity index (χ1v) is 7.08. The summed E-state index contributed by atoms with van der Waals surface area (Å²) in [7, 11) is 0. The van der Waals surface area contributed by atoms with Gasteiger partial charge in [0.05, 0.1) is 11.3 Å². The molecular weight excluding hydrogens is 276 g/mol. The zero-order valence-corrected chi connectivity index (χ0v) is 11.7. The van der Waals surface area contributed by atoms with Gasteiger partial charge in [0.2, 0.25) is 0 Å². The predicted molar refractivity (Wildman–Crippen MR) is 84.3 cm³/mol. The van der Waals surface area contributed by atoms with Crippen LogP contribution in [0.5, 0.6) is 0 Å². The van der Waals surface area contributed by atoms with Crippen LogP contribution in [0.25, 0.3) is 11.3 Å². The molecule has 5 nitrogen and oxygen atoms in total. The molecule has 1 aliphatic heterocycles. The van der Waals surface area contributed by atoms with Crippen LogP contribution < -0.4 is 10.6 Å². The number of carbonyl (C=O) groups excluding carboxylic acids is 1. The minimum absolute atomic E-state index is 0.0837. The third-order valence-electron chi connectivity index (χ3n) is 3.78. The van der Waals surface area contributed by atoms with E-state index >= 15 is 0 Å². The Morgan fingerprint density at radius 3 is 2.55 bits per heavy atom. The lowest BCUT2D eigenvalue weighted by Crippen LogP contribution is -2.38. The fourth-order valence-corrected chi connectivity index (χ4v) is 2.71. The lowest BCUT2D eigenvalue weighted by Gasteiger charge is -2.27. The number of H-pyrrole nitrogens is 1. The Labute approximate surface area is 127 Å². The van der Waals surface area contributed by atoms with Gasteiger partial charge in [-0.05, 0) is 12.1 Å². The fraction of sp³-hybridized carbons (Fsp3) is 0.0588. The van der Waals surface area contributed by atoms with Gasteiger partial charge in [-0.2, -0.15) is 5.10 Å². The third kappa shape index (κ3) is 2.03. The summed E-state index contributed by atoms with van der Waals surface area (Å²) < 4.78 is 0. The van der Waals surface area contributed by atoms with Crippen LogP contribution in [-0.2, 0) is 0 Å². The minimum Gasteiger partial charge on any atom is -0.361 e. The van der Waals surface area contributed by atoms with Crippen LogP contribution in [0.15, 0.2) is 60.8 Å². The quantitative estimate of drug-likeness (QED) is 0.679. The zero-order valence-electron chi connectivity index (χ0n) is 11.7. The van der Waals surface area contributed by atoms with Crippen molar-refractivity contribution in [2.45, 2.75) is 6.17 Å². The number of nitrogens with one attached hydrogen (secondary N) is 3. The number of rotatable bonds is 2. The number of hydrogen-bond acceptors (Lipinski definition) is 3. The van der Waals surface area contributed by atoms with E-state index in [2.05, 4.69) is 20.8 Å². The van der Waals surface area contributed by atoms with E-state index < -0.39 is 0 Å². The van der Waals surface area contributed by atoms with Crippen molar-refractivity contribution in [3.8, 4) is 11.3 Å². The van der Waals surface area contributed by atoms with E-state index in [4.69, 9.17) is 0 Å². The molecule has 2 aromatic carbocycles. The van der Waals surface area contributed by atoms with E-state index in [1.165, 1.54) is 0 Å². The Kier molecular flexibility index (Phi) is 2.89. The van der Waals surface area contributed by atoms with E-state index in [1.807, 2.05) is 54.7 Å². The summed E-state index contributed by atoms with van der Waals surface area (Å²) in [4.78, 5) is 12.3. The summed E-state index contributed by atoms with van der Waals surface area (Å²) in [6.45, 7) is 0. The minimum atomic E-state index is -0.309. The van der Waals surface area contributed by atoms with Crippen LogP contribution in [0.2, 0.25) is 0 Å². The van der Waals surface area contributed by atoms with Gasteiger partial charge in [-0.1, -0.05) is 42.5 Å². The second kappa shape index (κ2) is 5.04. The van der Waals surface area contributed by atoms with Crippen molar-refractivity contribution in [2.75, 3.05) is 5.32 Å². The first-order chi connectivity index (χ1) is 10.8. The van der Waals surface area contributed by atoms with Crippen LogP contribution in [0.3, 0.4) is 0 Å². The molecule has 0 saturated carbocycles. The van der Waals surface area contributed by atoms with Gasteiger partial charge in [0, 0.05) is 23.0 Å². The summed E-state index contributed by atoms with van der Waals surface area (Å²) in [6, 6.07) is 17.4. The Hall–Kier alpha value is -3.08. The highest BCUT2D eigenvalue weighted by Gasteiger charge is 2.27. The summed E-state index contributed by atoms with van der Waals surface area (Å²) in [5, 5.41) is 13.5. The first kappa shape index (κ1) is 12.6. The predicted octanol–water partition coefficient (Wildman–Crippen LogP) is 2.93. The molecule has 1 unspecified atom stereocenters. The van der Waals surface area contributed by atoms with E-state index in [-0.39, 0.29) is 12.1 Å².